The molecular formula is C15H26N4O. The van der Waals surface area contributed by atoms with E-state index in [1.807, 2.05) is 37.9 Å². The van der Waals surface area contributed by atoms with Gasteiger partial charge in [0.25, 0.3) is 0 Å². The van der Waals surface area contributed by atoms with Crippen LogP contribution in [-0.4, -0.2) is 42.0 Å². The molecule has 1 amide bonds. The van der Waals surface area contributed by atoms with Gasteiger partial charge in [0.1, 0.15) is 5.82 Å². The van der Waals surface area contributed by atoms with E-state index in [-0.39, 0.29) is 11.9 Å². The largest absolute Gasteiger partial charge is 0.370 e. The van der Waals surface area contributed by atoms with Crippen molar-refractivity contribution < 1.29 is 4.79 Å². The highest BCUT2D eigenvalue weighted by atomic mass is 16.2. The summed E-state index contributed by atoms with van der Waals surface area (Å²) in [5.74, 6) is 0.949. The third-order valence-electron chi connectivity index (χ3n) is 2.70. The summed E-state index contributed by atoms with van der Waals surface area (Å²) in [5, 5.41) is 6.16. The number of amides is 1. The van der Waals surface area contributed by atoms with Crippen LogP contribution in [0.5, 0.6) is 0 Å². The van der Waals surface area contributed by atoms with Crippen LogP contribution >= 0.6 is 0 Å². The average molecular weight is 278 g/mol. The van der Waals surface area contributed by atoms with Crippen LogP contribution in [0.4, 0.5) is 5.82 Å². The predicted octanol–water partition coefficient (Wildman–Crippen LogP) is 1.86. The fraction of sp³-hybridized carbons (Fsp3) is 0.600. The number of hydrogen-bond acceptors (Lipinski definition) is 4. The van der Waals surface area contributed by atoms with Gasteiger partial charge in [-0.2, -0.15) is 0 Å². The number of rotatable bonds is 8. The Morgan fingerprint density at radius 1 is 1.45 bits per heavy atom. The van der Waals surface area contributed by atoms with Gasteiger partial charge in [-0.05, 0) is 45.0 Å². The molecule has 20 heavy (non-hydrogen) atoms. The van der Waals surface area contributed by atoms with Crippen LogP contribution in [0.15, 0.2) is 18.3 Å². The van der Waals surface area contributed by atoms with Gasteiger partial charge >= 0.3 is 0 Å². The first kappa shape index (κ1) is 16.4. The molecule has 0 aromatic carbocycles. The van der Waals surface area contributed by atoms with Gasteiger partial charge in [-0.1, -0.05) is 6.92 Å². The monoisotopic (exact) mass is 278 g/mol. The quantitative estimate of drug-likeness (QED) is 0.762. The Balaban J connectivity index is 2.48. The molecule has 1 aromatic rings. The molecule has 0 atom stereocenters. The minimum atomic E-state index is 0.0564. The standard InChI is InChI=1S/C15H26N4O/c1-5-7-16-14-9-13(6-8-17-14)10-19(4)11-15(20)18-12(2)3/h6,8-9,12H,5,7,10-11H2,1-4H3,(H,16,17)(H,18,20). The van der Waals surface area contributed by atoms with Crippen molar-refractivity contribution in [2.24, 2.45) is 0 Å². The van der Waals surface area contributed by atoms with Crippen LogP contribution in [0.2, 0.25) is 0 Å². The van der Waals surface area contributed by atoms with Crippen LogP contribution < -0.4 is 10.6 Å². The predicted molar refractivity (Wildman–Crippen MR) is 82.6 cm³/mol. The lowest BCUT2D eigenvalue weighted by atomic mass is 10.2. The van der Waals surface area contributed by atoms with E-state index in [1.54, 1.807) is 6.20 Å². The first-order valence-electron chi connectivity index (χ1n) is 7.18. The number of nitrogens with zero attached hydrogens (tertiary/aromatic N) is 2. The Hall–Kier alpha value is -1.62. The van der Waals surface area contributed by atoms with E-state index < -0.39 is 0 Å². The lowest BCUT2D eigenvalue weighted by Crippen LogP contribution is -2.38. The Labute approximate surface area is 121 Å². The van der Waals surface area contributed by atoms with Gasteiger partial charge in [0, 0.05) is 25.3 Å². The molecule has 2 N–H and O–H groups in total. The third kappa shape index (κ3) is 6.52. The summed E-state index contributed by atoms with van der Waals surface area (Å²) in [4.78, 5) is 18.0. The number of likely N-dealkylation sites (N-methyl/N-ethyl adjacent to an activating group) is 1. The number of nitrogens with one attached hydrogen (secondary N) is 2. The highest BCUT2D eigenvalue weighted by Crippen LogP contribution is 2.08. The fourth-order valence-electron chi connectivity index (χ4n) is 1.90. The Kier molecular flexibility index (Phi) is 7.01. The van der Waals surface area contributed by atoms with Crippen molar-refractivity contribution >= 4 is 11.7 Å². The van der Waals surface area contributed by atoms with Gasteiger partial charge < -0.3 is 10.6 Å². The summed E-state index contributed by atoms with van der Waals surface area (Å²) in [5.41, 5.74) is 1.15. The number of hydrogen-bond donors (Lipinski definition) is 2. The van der Waals surface area contributed by atoms with Crippen molar-refractivity contribution in [1.82, 2.24) is 15.2 Å². The van der Waals surface area contributed by atoms with Crippen LogP contribution in [0.3, 0.4) is 0 Å². The molecule has 0 bridgehead atoms. The van der Waals surface area contributed by atoms with Gasteiger partial charge in [-0.3, -0.25) is 9.69 Å². The van der Waals surface area contributed by atoms with E-state index >= 15 is 0 Å². The summed E-state index contributed by atoms with van der Waals surface area (Å²) in [6.07, 6.45) is 2.87. The second-order valence-electron chi connectivity index (χ2n) is 5.37. The van der Waals surface area contributed by atoms with Gasteiger partial charge in [0.2, 0.25) is 5.91 Å². The first-order chi connectivity index (χ1) is 9.51. The Bertz CT molecular complexity index is 420. The molecule has 0 aliphatic carbocycles. The lowest BCUT2D eigenvalue weighted by Gasteiger charge is -2.17. The zero-order chi connectivity index (χ0) is 15.0. The molecule has 5 nitrogen and oxygen atoms in total. The van der Waals surface area contributed by atoms with Crippen LogP contribution in [-0.2, 0) is 11.3 Å². The van der Waals surface area contributed by atoms with E-state index in [0.717, 1.165) is 30.9 Å². The number of carbonyl (C=O) groups is 1. The molecule has 0 radical (unpaired) electrons. The molecule has 5 heteroatoms. The molecule has 0 saturated carbocycles. The summed E-state index contributed by atoms with van der Waals surface area (Å²) in [7, 11) is 1.94. The average Bonchev–Trinajstić information content (AvgIpc) is 2.35. The minimum Gasteiger partial charge on any atom is -0.370 e. The van der Waals surface area contributed by atoms with Gasteiger partial charge in [0.05, 0.1) is 6.54 Å². The number of anilines is 1. The maximum Gasteiger partial charge on any atom is 0.234 e. The summed E-state index contributed by atoms with van der Waals surface area (Å²) < 4.78 is 0. The number of aromatic nitrogens is 1. The molecule has 0 spiro atoms. The smallest absolute Gasteiger partial charge is 0.234 e. The molecule has 0 saturated heterocycles. The van der Waals surface area contributed by atoms with Crippen LogP contribution in [0, 0.1) is 0 Å². The minimum absolute atomic E-state index is 0.0564. The lowest BCUT2D eigenvalue weighted by molar-refractivity contribution is -0.122. The van der Waals surface area contributed by atoms with E-state index in [2.05, 4.69) is 22.5 Å². The van der Waals surface area contributed by atoms with Gasteiger partial charge in [-0.25, -0.2) is 4.98 Å². The number of pyridine rings is 1. The normalized spacial score (nSPS) is 10.9. The third-order valence-corrected chi connectivity index (χ3v) is 2.70. The number of carbonyl (C=O) groups excluding carboxylic acids is 1. The SMILES string of the molecule is CCCNc1cc(CN(C)CC(=O)NC(C)C)ccn1. The molecule has 0 aliphatic heterocycles. The molecule has 112 valence electrons. The highest BCUT2D eigenvalue weighted by Gasteiger charge is 2.08. The van der Waals surface area contributed by atoms with Crippen molar-refractivity contribution in [2.75, 3.05) is 25.5 Å². The van der Waals surface area contributed by atoms with E-state index in [9.17, 15) is 4.79 Å². The first-order valence-corrected chi connectivity index (χ1v) is 7.18. The maximum absolute atomic E-state index is 11.7. The van der Waals surface area contributed by atoms with Crippen molar-refractivity contribution in [1.29, 1.82) is 0 Å². The summed E-state index contributed by atoms with van der Waals surface area (Å²) in [6, 6.07) is 4.20. The van der Waals surface area contributed by atoms with Crippen molar-refractivity contribution in [3.05, 3.63) is 23.9 Å². The van der Waals surface area contributed by atoms with E-state index in [4.69, 9.17) is 0 Å². The molecule has 1 heterocycles. The second kappa shape index (κ2) is 8.53. The van der Waals surface area contributed by atoms with Gasteiger partial charge in [-0.15, -0.1) is 0 Å². The Morgan fingerprint density at radius 3 is 2.85 bits per heavy atom. The van der Waals surface area contributed by atoms with Crippen molar-refractivity contribution in [3.8, 4) is 0 Å². The second-order valence-corrected chi connectivity index (χ2v) is 5.37. The highest BCUT2D eigenvalue weighted by molar-refractivity contribution is 5.78. The maximum atomic E-state index is 11.7. The van der Waals surface area contributed by atoms with Crippen molar-refractivity contribution in [3.63, 3.8) is 0 Å². The Morgan fingerprint density at radius 2 is 2.20 bits per heavy atom. The van der Waals surface area contributed by atoms with E-state index in [0.29, 0.717) is 6.54 Å². The molecule has 0 aliphatic rings. The molecule has 0 fully saturated rings. The fourth-order valence-corrected chi connectivity index (χ4v) is 1.90. The van der Waals surface area contributed by atoms with E-state index in [1.165, 1.54) is 0 Å². The van der Waals surface area contributed by atoms with Gasteiger partial charge in [0.15, 0.2) is 0 Å². The topological polar surface area (TPSA) is 57.3 Å². The molecular weight excluding hydrogens is 252 g/mol. The molecule has 1 rings (SSSR count). The van der Waals surface area contributed by atoms with Crippen molar-refractivity contribution in [2.45, 2.75) is 39.8 Å². The molecule has 1 aromatic heterocycles. The summed E-state index contributed by atoms with van der Waals surface area (Å²) in [6.45, 7) is 8.10. The zero-order valence-electron chi connectivity index (χ0n) is 12.9. The summed E-state index contributed by atoms with van der Waals surface area (Å²) >= 11 is 0. The zero-order valence-corrected chi connectivity index (χ0v) is 12.9. The van der Waals surface area contributed by atoms with Crippen LogP contribution in [0.1, 0.15) is 32.8 Å². The molecule has 0 unspecified atom stereocenters. The van der Waals surface area contributed by atoms with Crippen LogP contribution in [0.25, 0.3) is 0 Å².